The second-order valence-electron chi connectivity index (χ2n) is 6.44. The molecule has 2 amide bonds. The van der Waals surface area contributed by atoms with Gasteiger partial charge in [0.2, 0.25) is 5.91 Å². The van der Waals surface area contributed by atoms with Crippen molar-refractivity contribution in [3.05, 3.63) is 82.4 Å². The van der Waals surface area contributed by atoms with Gasteiger partial charge in [0.25, 0.3) is 5.91 Å². The van der Waals surface area contributed by atoms with E-state index in [2.05, 4.69) is 15.6 Å². The first-order chi connectivity index (χ1) is 13.2. The molecule has 5 nitrogen and oxygen atoms in total. The van der Waals surface area contributed by atoms with Crippen LogP contribution in [-0.4, -0.2) is 16.8 Å². The second kappa shape index (κ2) is 7.72. The van der Waals surface area contributed by atoms with Gasteiger partial charge < -0.3 is 5.32 Å². The lowest BCUT2D eigenvalue weighted by Crippen LogP contribution is -2.28. The summed E-state index contributed by atoms with van der Waals surface area (Å²) in [6.07, 6.45) is 1.58. The zero-order valence-electron chi connectivity index (χ0n) is 14.6. The topological polar surface area (TPSA) is 71.1 Å². The molecule has 0 fully saturated rings. The molecule has 0 saturated heterocycles. The van der Waals surface area contributed by atoms with Crippen LogP contribution in [0.1, 0.15) is 38.8 Å². The average molecular weight is 377 g/mol. The summed E-state index contributed by atoms with van der Waals surface area (Å²) in [5.41, 5.74) is 2.46. The molecule has 3 aromatic rings. The zero-order valence-corrected chi connectivity index (χ0v) is 15.5. The number of benzene rings is 2. The molecule has 1 aliphatic rings. The van der Waals surface area contributed by atoms with Gasteiger partial charge in [0.05, 0.1) is 11.6 Å². The Morgan fingerprint density at radius 3 is 2.48 bits per heavy atom. The molecule has 6 heteroatoms. The van der Waals surface area contributed by atoms with Crippen molar-refractivity contribution in [1.82, 2.24) is 10.3 Å². The van der Waals surface area contributed by atoms with Crippen molar-refractivity contribution in [2.24, 2.45) is 0 Å². The number of amides is 2. The molecule has 1 unspecified atom stereocenters. The van der Waals surface area contributed by atoms with Crippen LogP contribution in [0.15, 0.2) is 60.7 Å². The fourth-order valence-corrected chi connectivity index (χ4v) is 4.24. The maximum absolute atomic E-state index is 12.6. The molecule has 136 valence electrons. The molecule has 4 rings (SSSR count). The summed E-state index contributed by atoms with van der Waals surface area (Å²) in [5.74, 6) is -0.445. The minimum absolute atomic E-state index is 0.0103. The van der Waals surface area contributed by atoms with Gasteiger partial charge in [0, 0.05) is 17.0 Å². The van der Waals surface area contributed by atoms with E-state index in [0.717, 1.165) is 29.0 Å². The summed E-state index contributed by atoms with van der Waals surface area (Å²) in [7, 11) is 0. The molecule has 0 bridgehead atoms. The van der Waals surface area contributed by atoms with Gasteiger partial charge in [0.1, 0.15) is 0 Å². The largest absolute Gasteiger partial charge is 0.351 e. The Morgan fingerprint density at radius 2 is 1.74 bits per heavy atom. The van der Waals surface area contributed by atoms with Crippen LogP contribution in [0, 0.1) is 0 Å². The first-order valence-corrected chi connectivity index (χ1v) is 9.70. The summed E-state index contributed by atoms with van der Waals surface area (Å²) in [4.78, 5) is 30.5. The Bertz CT molecular complexity index is 954. The normalized spacial score (nSPS) is 15.2. The van der Waals surface area contributed by atoms with Crippen LogP contribution in [0.3, 0.4) is 0 Å². The highest BCUT2D eigenvalue weighted by molar-refractivity contribution is 7.16. The van der Waals surface area contributed by atoms with Gasteiger partial charge in [-0.3, -0.25) is 14.9 Å². The van der Waals surface area contributed by atoms with E-state index >= 15 is 0 Å². The maximum Gasteiger partial charge on any atom is 0.257 e. The SMILES string of the molecule is O=C(Nc1nc2c(s1)CCC2C(=O)NCc1ccccc1)c1ccccc1. The average Bonchev–Trinajstić information content (AvgIpc) is 3.27. The Labute approximate surface area is 161 Å². The number of nitrogens with one attached hydrogen (secondary N) is 2. The molecule has 1 heterocycles. The number of nitrogens with zero attached hydrogens (tertiary/aromatic N) is 1. The number of hydrogen-bond acceptors (Lipinski definition) is 4. The standard InChI is InChI=1S/C21H19N3O2S/c25-19(15-9-5-2-6-10-15)24-21-23-18-16(11-12-17(18)27-21)20(26)22-13-14-7-3-1-4-8-14/h1-10,16H,11-13H2,(H,22,26)(H,23,24,25). The van der Waals surface area contributed by atoms with Crippen LogP contribution >= 0.6 is 11.3 Å². The number of thiazole rings is 1. The number of carbonyl (C=O) groups is 2. The van der Waals surface area contributed by atoms with E-state index in [1.165, 1.54) is 11.3 Å². The first kappa shape index (κ1) is 17.4. The fraction of sp³-hybridized carbons (Fsp3) is 0.190. The van der Waals surface area contributed by atoms with Crippen LogP contribution in [0.5, 0.6) is 0 Å². The summed E-state index contributed by atoms with van der Waals surface area (Å²) in [6.45, 7) is 0.507. The third-order valence-electron chi connectivity index (χ3n) is 4.60. The van der Waals surface area contributed by atoms with Gasteiger partial charge >= 0.3 is 0 Å². The van der Waals surface area contributed by atoms with Crippen molar-refractivity contribution in [3.63, 3.8) is 0 Å². The van der Waals surface area contributed by atoms with E-state index < -0.39 is 0 Å². The summed E-state index contributed by atoms with van der Waals surface area (Å²) in [6, 6.07) is 18.9. The number of aromatic nitrogens is 1. The third-order valence-corrected chi connectivity index (χ3v) is 5.65. The Balaban J connectivity index is 1.41. The van der Waals surface area contributed by atoms with Crippen LogP contribution in [0.25, 0.3) is 0 Å². The minimum Gasteiger partial charge on any atom is -0.351 e. The van der Waals surface area contributed by atoms with Gasteiger partial charge in [-0.1, -0.05) is 48.5 Å². The van der Waals surface area contributed by atoms with Crippen molar-refractivity contribution in [3.8, 4) is 0 Å². The number of hydrogen-bond donors (Lipinski definition) is 2. The molecule has 0 radical (unpaired) electrons. The van der Waals surface area contributed by atoms with Crippen molar-refractivity contribution in [2.75, 3.05) is 5.32 Å². The lowest BCUT2D eigenvalue weighted by atomic mass is 10.1. The predicted octanol–water partition coefficient (Wildman–Crippen LogP) is 3.74. The smallest absolute Gasteiger partial charge is 0.257 e. The van der Waals surface area contributed by atoms with E-state index in [4.69, 9.17) is 0 Å². The van der Waals surface area contributed by atoms with Gasteiger partial charge in [0.15, 0.2) is 5.13 Å². The van der Waals surface area contributed by atoms with Gasteiger partial charge in [-0.25, -0.2) is 4.98 Å². The van der Waals surface area contributed by atoms with E-state index in [1.54, 1.807) is 12.1 Å². The van der Waals surface area contributed by atoms with Crippen LogP contribution < -0.4 is 10.6 Å². The Kier molecular flexibility index (Phi) is 4.98. The predicted molar refractivity (Wildman–Crippen MR) is 106 cm³/mol. The fourth-order valence-electron chi connectivity index (χ4n) is 3.20. The van der Waals surface area contributed by atoms with Crippen LogP contribution in [0.2, 0.25) is 0 Å². The lowest BCUT2D eigenvalue weighted by Gasteiger charge is -2.10. The molecule has 27 heavy (non-hydrogen) atoms. The van der Waals surface area contributed by atoms with Crippen molar-refractivity contribution in [2.45, 2.75) is 25.3 Å². The van der Waals surface area contributed by atoms with Crippen molar-refractivity contribution in [1.29, 1.82) is 0 Å². The van der Waals surface area contributed by atoms with Crippen molar-refractivity contribution >= 4 is 28.3 Å². The van der Waals surface area contributed by atoms with Crippen molar-refractivity contribution < 1.29 is 9.59 Å². The van der Waals surface area contributed by atoms with Gasteiger partial charge in [-0.05, 0) is 30.5 Å². The summed E-state index contributed by atoms with van der Waals surface area (Å²) < 4.78 is 0. The molecule has 0 spiro atoms. The summed E-state index contributed by atoms with van der Waals surface area (Å²) in [5, 5.41) is 6.39. The first-order valence-electron chi connectivity index (χ1n) is 8.88. The van der Waals surface area contributed by atoms with Gasteiger partial charge in [-0.2, -0.15) is 0 Å². The van der Waals surface area contributed by atoms with Crippen LogP contribution in [0.4, 0.5) is 5.13 Å². The molecular formula is C21H19N3O2S. The minimum atomic E-state index is -0.248. The monoisotopic (exact) mass is 377 g/mol. The third kappa shape index (κ3) is 3.90. The highest BCUT2D eigenvalue weighted by Crippen LogP contribution is 2.38. The lowest BCUT2D eigenvalue weighted by molar-refractivity contribution is -0.122. The summed E-state index contributed by atoms with van der Waals surface area (Å²) >= 11 is 1.46. The molecule has 1 atom stereocenters. The number of carbonyl (C=O) groups excluding carboxylic acids is 2. The van der Waals surface area contributed by atoms with Crippen LogP contribution in [-0.2, 0) is 17.8 Å². The number of rotatable bonds is 5. The number of aryl methyl sites for hydroxylation is 1. The molecule has 2 N–H and O–H groups in total. The molecule has 0 aliphatic heterocycles. The molecule has 1 aromatic heterocycles. The quantitative estimate of drug-likeness (QED) is 0.711. The molecular weight excluding hydrogens is 358 g/mol. The zero-order chi connectivity index (χ0) is 18.6. The molecule has 0 saturated carbocycles. The maximum atomic E-state index is 12.6. The van der Waals surface area contributed by atoms with E-state index in [-0.39, 0.29) is 17.7 Å². The highest BCUT2D eigenvalue weighted by atomic mass is 32.1. The molecule has 1 aliphatic carbocycles. The highest BCUT2D eigenvalue weighted by Gasteiger charge is 2.32. The second-order valence-corrected chi connectivity index (χ2v) is 7.53. The Morgan fingerprint density at radius 1 is 1.04 bits per heavy atom. The Hall–Kier alpha value is -2.99. The van der Waals surface area contributed by atoms with E-state index in [9.17, 15) is 9.59 Å². The number of anilines is 1. The van der Waals surface area contributed by atoms with E-state index in [1.807, 2.05) is 48.5 Å². The molecule has 2 aromatic carbocycles. The van der Waals surface area contributed by atoms with Gasteiger partial charge in [-0.15, -0.1) is 11.3 Å². The number of fused-ring (bicyclic) bond motifs is 1. The van der Waals surface area contributed by atoms with E-state index in [0.29, 0.717) is 17.2 Å².